The molecule has 0 atom stereocenters. The highest BCUT2D eigenvalue weighted by atomic mass is 16.5. The Morgan fingerprint density at radius 2 is 2.35 bits per heavy atom. The number of nitrogens with one attached hydrogen (secondary N) is 1. The quantitative estimate of drug-likeness (QED) is 0.723. The Bertz CT molecular complexity index is 629. The molecule has 0 saturated carbocycles. The van der Waals surface area contributed by atoms with Crippen LogP contribution in [0.15, 0.2) is 29.4 Å². The lowest BCUT2D eigenvalue weighted by atomic mass is 10.4. The summed E-state index contributed by atoms with van der Waals surface area (Å²) < 4.78 is 6.43. The Morgan fingerprint density at radius 1 is 1.41 bits per heavy atom. The van der Waals surface area contributed by atoms with E-state index in [0.29, 0.717) is 12.4 Å². The molecule has 86 valence electrons. The van der Waals surface area contributed by atoms with E-state index in [-0.39, 0.29) is 0 Å². The van der Waals surface area contributed by atoms with E-state index in [0.717, 1.165) is 17.0 Å². The smallest absolute Gasteiger partial charge is 0.213 e. The number of nitrogens with zero attached hydrogens (tertiary/aromatic N) is 5. The molecule has 0 amide bonds. The van der Waals surface area contributed by atoms with Crippen LogP contribution in [0.2, 0.25) is 0 Å². The molecule has 1 N–H and O–H groups in total. The largest absolute Gasteiger partial charge is 0.361 e. The highest BCUT2D eigenvalue weighted by Gasteiger charge is 2.06. The molecule has 0 fully saturated rings. The van der Waals surface area contributed by atoms with Crippen molar-refractivity contribution in [3.8, 4) is 0 Å². The van der Waals surface area contributed by atoms with Crippen molar-refractivity contribution in [3.05, 3.63) is 36.4 Å². The molecule has 3 heterocycles. The van der Waals surface area contributed by atoms with Gasteiger partial charge in [-0.05, 0) is 13.0 Å². The van der Waals surface area contributed by atoms with Crippen LogP contribution in [-0.2, 0) is 6.54 Å². The van der Waals surface area contributed by atoms with Gasteiger partial charge in [0.05, 0.1) is 12.2 Å². The summed E-state index contributed by atoms with van der Waals surface area (Å²) in [5.41, 5.74) is 1.87. The van der Waals surface area contributed by atoms with Crippen molar-refractivity contribution in [2.45, 2.75) is 13.5 Å². The first-order chi connectivity index (χ1) is 8.33. The minimum atomic E-state index is 0.466. The molecular formula is C10H10N6O. The van der Waals surface area contributed by atoms with E-state index in [1.165, 1.54) is 6.39 Å². The second-order valence-corrected chi connectivity index (χ2v) is 3.59. The molecule has 0 aromatic carbocycles. The molecular weight excluding hydrogens is 220 g/mol. The molecule has 7 heteroatoms. The van der Waals surface area contributed by atoms with E-state index in [9.17, 15) is 0 Å². The van der Waals surface area contributed by atoms with Crippen LogP contribution in [0.25, 0.3) is 5.52 Å². The topological polar surface area (TPSA) is 81.1 Å². The second-order valence-electron chi connectivity index (χ2n) is 3.59. The molecule has 7 nitrogen and oxygen atoms in total. The summed E-state index contributed by atoms with van der Waals surface area (Å²) in [5.74, 6) is 1.34. The van der Waals surface area contributed by atoms with Crippen molar-refractivity contribution in [1.29, 1.82) is 0 Å². The molecule has 0 aliphatic heterocycles. The van der Waals surface area contributed by atoms with Crippen LogP contribution in [0.4, 0.5) is 5.82 Å². The maximum atomic E-state index is 4.66. The predicted octanol–water partition coefficient (Wildman–Crippen LogP) is 1.03. The number of fused-ring (bicyclic) bond motifs is 1. The zero-order chi connectivity index (χ0) is 11.7. The van der Waals surface area contributed by atoms with Gasteiger partial charge in [-0.2, -0.15) is 10.1 Å². The number of hydrogen-bond donors (Lipinski definition) is 1. The molecule has 0 spiro atoms. The summed E-state index contributed by atoms with van der Waals surface area (Å²) in [6, 6.07) is 1.96. The summed E-state index contributed by atoms with van der Waals surface area (Å²) in [5, 5.41) is 11.2. The van der Waals surface area contributed by atoms with Crippen LogP contribution < -0.4 is 5.32 Å². The third-order valence-corrected chi connectivity index (χ3v) is 2.33. The van der Waals surface area contributed by atoms with Gasteiger partial charge < -0.3 is 9.84 Å². The van der Waals surface area contributed by atoms with E-state index in [1.807, 2.05) is 19.2 Å². The highest BCUT2D eigenvalue weighted by Crippen LogP contribution is 2.14. The zero-order valence-electron chi connectivity index (χ0n) is 9.16. The number of hydrogen-bond acceptors (Lipinski definition) is 6. The minimum Gasteiger partial charge on any atom is -0.361 e. The fourth-order valence-electron chi connectivity index (χ4n) is 1.61. The van der Waals surface area contributed by atoms with Crippen LogP contribution in [0.3, 0.4) is 0 Å². The van der Waals surface area contributed by atoms with Crippen LogP contribution in [0, 0.1) is 6.92 Å². The van der Waals surface area contributed by atoms with Gasteiger partial charge in [-0.15, -0.1) is 0 Å². The van der Waals surface area contributed by atoms with Crippen molar-refractivity contribution in [3.63, 3.8) is 0 Å². The average molecular weight is 230 g/mol. The Hall–Kier alpha value is -2.44. The van der Waals surface area contributed by atoms with Gasteiger partial charge in [0.1, 0.15) is 5.52 Å². The normalized spacial score (nSPS) is 10.9. The van der Waals surface area contributed by atoms with Gasteiger partial charge >= 0.3 is 0 Å². The second kappa shape index (κ2) is 3.85. The molecule has 0 unspecified atom stereocenters. The predicted molar refractivity (Wildman–Crippen MR) is 59.3 cm³/mol. The van der Waals surface area contributed by atoms with Gasteiger partial charge in [0.25, 0.3) is 0 Å². The number of aryl methyl sites for hydroxylation is 1. The Morgan fingerprint density at radius 3 is 3.18 bits per heavy atom. The van der Waals surface area contributed by atoms with Crippen LogP contribution in [0.1, 0.15) is 11.5 Å². The molecule has 17 heavy (non-hydrogen) atoms. The number of rotatable bonds is 3. The number of aromatic nitrogens is 5. The molecule has 0 aliphatic carbocycles. The molecule has 3 rings (SSSR count). The fraction of sp³-hybridized carbons (Fsp3) is 0.200. The maximum absolute atomic E-state index is 4.66. The van der Waals surface area contributed by atoms with Gasteiger partial charge in [-0.3, -0.25) is 0 Å². The standard InChI is InChI=1S/C10H10N6O/c1-7-4-8-10(11-2-3-16(8)14-7)12-5-9-13-6-17-15-9/h2-4,6H,5H2,1H3,(H,11,12). The number of anilines is 1. The first kappa shape index (κ1) is 9.76. The molecule has 3 aromatic heterocycles. The summed E-state index contributed by atoms with van der Waals surface area (Å²) >= 11 is 0. The lowest BCUT2D eigenvalue weighted by molar-refractivity contribution is 0.411. The van der Waals surface area contributed by atoms with E-state index in [1.54, 1.807) is 10.7 Å². The van der Waals surface area contributed by atoms with Crippen molar-refractivity contribution in [2.75, 3.05) is 5.32 Å². The Kier molecular flexibility index (Phi) is 2.21. The fourth-order valence-corrected chi connectivity index (χ4v) is 1.61. The SMILES string of the molecule is Cc1cc2c(NCc3ncon3)nccn2n1. The van der Waals surface area contributed by atoms with E-state index < -0.39 is 0 Å². The van der Waals surface area contributed by atoms with Crippen LogP contribution >= 0.6 is 0 Å². The molecule has 0 bridgehead atoms. The summed E-state index contributed by atoms with van der Waals surface area (Å²) in [6.07, 6.45) is 4.80. The first-order valence-electron chi connectivity index (χ1n) is 5.13. The lowest BCUT2D eigenvalue weighted by Gasteiger charge is -2.03. The summed E-state index contributed by atoms with van der Waals surface area (Å²) in [4.78, 5) is 8.19. The van der Waals surface area contributed by atoms with Crippen LogP contribution in [0.5, 0.6) is 0 Å². The van der Waals surface area contributed by atoms with Gasteiger partial charge in [0, 0.05) is 12.4 Å². The molecule has 0 radical (unpaired) electrons. The van der Waals surface area contributed by atoms with E-state index in [2.05, 4.69) is 30.1 Å². The van der Waals surface area contributed by atoms with Crippen molar-refractivity contribution in [1.82, 2.24) is 24.7 Å². The molecule has 0 aliphatic rings. The first-order valence-corrected chi connectivity index (χ1v) is 5.13. The van der Waals surface area contributed by atoms with Gasteiger partial charge in [0.2, 0.25) is 6.39 Å². The maximum Gasteiger partial charge on any atom is 0.213 e. The molecule has 0 saturated heterocycles. The zero-order valence-corrected chi connectivity index (χ0v) is 9.16. The summed E-state index contributed by atoms with van der Waals surface area (Å²) in [7, 11) is 0. The van der Waals surface area contributed by atoms with Crippen molar-refractivity contribution >= 4 is 11.3 Å². The van der Waals surface area contributed by atoms with E-state index in [4.69, 9.17) is 0 Å². The van der Waals surface area contributed by atoms with E-state index >= 15 is 0 Å². The third-order valence-electron chi connectivity index (χ3n) is 2.33. The van der Waals surface area contributed by atoms with Gasteiger partial charge in [-0.1, -0.05) is 5.16 Å². The lowest BCUT2D eigenvalue weighted by Crippen LogP contribution is -2.04. The van der Waals surface area contributed by atoms with Gasteiger partial charge in [0.15, 0.2) is 11.6 Å². The van der Waals surface area contributed by atoms with Gasteiger partial charge in [-0.25, -0.2) is 9.50 Å². The Balaban J connectivity index is 1.89. The third kappa shape index (κ3) is 1.82. The van der Waals surface area contributed by atoms with Crippen molar-refractivity contribution < 1.29 is 4.52 Å². The monoisotopic (exact) mass is 230 g/mol. The average Bonchev–Trinajstić information content (AvgIpc) is 2.93. The summed E-state index contributed by atoms with van der Waals surface area (Å²) in [6.45, 7) is 2.41. The highest BCUT2D eigenvalue weighted by molar-refractivity contribution is 5.67. The van der Waals surface area contributed by atoms with Crippen molar-refractivity contribution in [2.24, 2.45) is 0 Å². The minimum absolute atomic E-state index is 0.466. The Labute approximate surface area is 96.5 Å². The molecule has 3 aromatic rings. The van der Waals surface area contributed by atoms with Crippen LogP contribution in [-0.4, -0.2) is 24.7 Å².